The Bertz CT molecular complexity index is 418. The first kappa shape index (κ1) is 12.3. The van der Waals surface area contributed by atoms with Gasteiger partial charge in [0.05, 0.1) is 5.56 Å². The van der Waals surface area contributed by atoms with Crippen LogP contribution in [-0.2, 0) is 16.1 Å². The van der Waals surface area contributed by atoms with Gasteiger partial charge in [0.1, 0.15) is 12.3 Å². The summed E-state index contributed by atoms with van der Waals surface area (Å²) in [4.78, 5) is 25.6. The van der Waals surface area contributed by atoms with Gasteiger partial charge in [-0.05, 0) is 6.07 Å². The quantitative estimate of drug-likeness (QED) is 0.580. The van der Waals surface area contributed by atoms with Gasteiger partial charge < -0.3 is 4.74 Å². The molecule has 0 aromatic carbocycles. The van der Waals surface area contributed by atoms with E-state index in [1.165, 1.54) is 19.2 Å². The predicted octanol–water partition coefficient (Wildman–Crippen LogP) is 1.88. The molecule has 1 aromatic rings. The number of nitrogens with zero attached hydrogens (tertiary/aromatic N) is 1. The Kier molecular flexibility index (Phi) is 4.10. The standard InChI is InChI=1S/C11H12FNO3/c1-3-10(15)8-4-5-13-9(11(8)12)6-16-7(2)14/h4-5H,3,6H2,1-2H3. The van der Waals surface area contributed by atoms with Crippen LogP contribution in [0, 0.1) is 5.82 Å². The Morgan fingerprint density at radius 2 is 2.19 bits per heavy atom. The predicted molar refractivity (Wildman–Crippen MR) is 54.3 cm³/mol. The lowest BCUT2D eigenvalue weighted by Gasteiger charge is -2.05. The highest BCUT2D eigenvalue weighted by molar-refractivity contribution is 5.96. The molecule has 5 heteroatoms. The lowest BCUT2D eigenvalue weighted by Crippen LogP contribution is -2.08. The molecule has 86 valence electrons. The molecule has 0 aliphatic carbocycles. The number of ether oxygens (including phenoxy) is 1. The van der Waals surface area contributed by atoms with Crippen molar-refractivity contribution in [3.05, 3.63) is 29.3 Å². The Morgan fingerprint density at radius 3 is 2.75 bits per heavy atom. The molecule has 1 heterocycles. The van der Waals surface area contributed by atoms with Gasteiger partial charge in [0.25, 0.3) is 0 Å². The second-order valence-electron chi connectivity index (χ2n) is 3.18. The molecule has 0 aliphatic heterocycles. The van der Waals surface area contributed by atoms with Gasteiger partial charge in [-0.2, -0.15) is 0 Å². The third-order valence-electron chi connectivity index (χ3n) is 2.00. The van der Waals surface area contributed by atoms with Crippen LogP contribution in [0.3, 0.4) is 0 Å². The average molecular weight is 225 g/mol. The molecule has 0 saturated carbocycles. The van der Waals surface area contributed by atoms with Gasteiger partial charge in [-0.1, -0.05) is 6.92 Å². The first-order chi connectivity index (χ1) is 7.56. The summed E-state index contributed by atoms with van der Waals surface area (Å²) in [7, 11) is 0. The fourth-order valence-electron chi connectivity index (χ4n) is 1.16. The van der Waals surface area contributed by atoms with E-state index in [1.807, 2.05) is 0 Å². The lowest BCUT2D eigenvalue weighted by molar-refractivity contribution is -0.142. The highest BCUT2D eigenvalue weighted by Crippen LogP contribution is 2.13. The minimum absolute atomic E-state index is 0.0142. The van der Waals surface area contributed by atoms with Crippen molar-refractivity contribution in [1.29, 1.82) is 0 Å². The van der Waals surface area contributed by atoms with E-state index >= 15 is 0 Å². The highest BCUT2D eigenvalue weighted by atomic mass is 19.1. The number of Topliss-reactive ketones (excluding diaryl/α,β-unsaturated/α-hetero) is 1. The van der Waals surface area contributed by atoms with Crippen LogP contribution in [0.5, 0.6) is 0 Å². The van der Waals surface area contributed by atoms with Crippen molar-refractivity contribution in [3.8, 4) is 0 Å². The maximum Gasteiger partial charge on any atom is 0.303 e. The van der Waals surface area contributed by atoms with Crippen LogP contribution in [0.2, 0.25) is 0 Å². The highest BCUT2D eigenvalue weighted by Gasteiger charge is 2.15. The maximum atomic E-state index is 13.7. The van der Waals surface area contributed by atoms with Crippen molar-refractivity contribution in [2.24, 2.45) is 0 Å². The molecule has 0 aliphatic rings. The molecule has 0 bridgehead atoms. The van der Waals surface area contributed by atoms with Gasteiger partial charge in [-0.25, -0.2) is 4.39 Å². The largest absolute Gasteiger partial charge is 0.459 e. The zero-order chi connectivity index (χ0) is 12.1. The van der Waals surface area contributed by atoms with Gasteiger partial charge in [0.2, 0.25) is 0 Å². The molecule has 0 amide bonds. The van der Waals surface area contributed by atoms with Gasteiger partial charge in [0.15, 0.2) is 11.6 Å². The summed E-state index contributed by atoms with van der Waals surface area (Å²) in [5, 5.41) is 0. The number of carbonyl (C=O) groups excluding carboxylic acids is 2. The third kappa shape index (κ3) is 2.85. The van der Waals surface area contributed by atoms with Gasteiger partial charge in [-0.15, -0.1) is 0 Å². The van der Waals surface area contributed by atoms with E-state index < -0.39 is 11.8 Å². The fraction of sp³-hybridized carbons (Fsp3) is 0.364. The normalized spacial score (nSPS) is 9.94. The Morgan fingerprint density at radius 1 is 1.50 bits per heavy atom. The summed E-state index contributed by atoms with van der Waals surface area (Å²) in [6.45, 7) is 2.61. The van der Waals surface area contributed by atoms with Gasteiger partial charge >= 0.3 is 5.97 Å². The van der Waals surface area contributed by atoms with Crippen molar-refractivity contribution in [2.45, 2.75) is 26.9 Å². The fourth-order valence-corrected chi connectivity index (χ4v) is 1.16. The number of halogens is 1. The number of esters is 1. The summed E-state index contributed by atoms with van der Waals surface area (Å²) in [5.41, 5.74) is -0.0471. The summed E-state index contributed by atoms with van der Waals surface area (Å²) >= 11 is 0. The number of hydrogen-bond donors (Lipinski definition) is 0. The summed E-state index contributed by atoms with van der Waals surface area (Å²) in [6, 6.07) is 1.32. The van der Waals surface area contributed by atoms with Crippen LogP contribution >= 0.6 is 0 Å². The van der Waals surface area contributed by atoms with E-state index in [-0.39, 0.29) is 30.1 Å². The van der Waals surface area contributed by atoms with Crippen molar-refractivity contribution in [2.75, 3.05) is 0 Å². The number of ketones is 1. The molecule has 1 aromatic heterocycles. The van der Waals surface area contributed by atoms with Gasteiger partial charge in [0, 0.05) is 19.5 Å². The van der Waals surface area contributed by atoms with Crippen molar-refractivity contribution < 1.29 is 18.7 Å². The minimum Gasteiger partial charge on any atom is -0.459 e. The molecule has 0 N–H and O–H groups in total. The first-order valence-corrected chi connectivity index (χ1v) is 4.86. The van der Waals surface area contributed by atoms with Crippen LogP contribution in [0.1, 0.15) is 36.3 Å². The summed E-state index contributed by atoms with van der Waals surface area (Å²) < 4.78 is 18.3. The second-order valence-corrected chi connectivity index (χ2v) is 3.18. The van der Waals surface area contributed by atoms with E-state index in [9.17, 15) is 14.0 Å². The molecule has 0 radical (unpaired) electrons. The van der Waals surface area contributed by atoms with Crippen LogP contribution in [0.15, 0.2) is 12.3 Å². The van der Waals surface area contributed by atoms with Crippen LogP contribution in [0.25, 0.3) is 0 Å². The zero-order valence-electron chi connectivity index (χ0n) is 9.12. The Labute approximate surface area is 92.4 Å². The number of pyridine rings is 1. The molecule has 0 fully saturated rings. The van der Waals surface area contributed by atoms with Crippen LogP contribution in [-0.4, -0.2) is 16.7 Å². The lowest BCUT2D eigenvalue weighted by atomic mass is 10.1. The molecule has 0 spiro atoms. The summed E-state index contributed by atoms with van der Waals surface area (Å²) in [6.07, 6.45) is 1.54. The molecule has 0 atom stereocenters. The van der Waals surface area contributed by atoms with Crippen LogP contribution in [0.4, 0.5) is 4.39 Å². The van der Waals surface area contributed by atoms with E-state index in [2.05, 4.69) is 9.72 Å². The second kappa shape index (κ2) is 5.34. The first-order valence-electron chi connectivity index (χ1n) is 4.86. The van der Waals surface area contributed by atoms with E-state index in [0.29, 0.717) is 0 Å². The van der Waals surface area contributed by atoms with Crippen molar-refractivity contribution in [1.82, 2.24) is 4.98 Å². The van der Waals surface area contributed by atoms with E-state index in [4.69, 9.17) is 0 Å². The maximum absolute atomic E-state index is 13.7. The zero-order valence-corrected chi connectivity index (χ0v) is 9.12. The third-order valence-corrected chi connectivity index (χ3v) is 2.00. The molecule has 1 rings (SSSR count). The minimum atomic E-state index is -0.712. The topological polar surface area (TPSA) is 56.3 Å². The van der Waals surface area contributed by atoms with Gasteiger partial charge in [-0.3, -0.25) is 14.6 Å². The Hall–Kier alpha value is -1.78. The number of rotatable bonds is 4. The van der Waals surface area contributed by atoms with Crippen molar-refractivity contribution >= 4 is 11.8 Å². The van der Waals surface area contributed by atoms with Crippen LogP contribution < -0.4 is 0 Å². The number of hydrogen-bond acceptors (Lipinski definition) is 4. The molecule has 0 unspecified atom stereocenters. The van der Waals surface area contributed by atoms with E-state index in [0.717, 1.165) is 0 Å². The molecule has 16 heavy (non-hydrogen) atoms. The van der Waals surface area contributed by atoms with Crippen molar-refractivity contribution in [3.63, 3.8) is 0 Å². The molecular weight excluding hydrogens is 213 g/mol. The smallest absolute Gasteiger partial charge is 0.303 e. The number of carbonyl (C=O) groups is 2. The SMILES string of the molecule is CCC(=O)c1ccnc(COC(C)=O)c1F. The molecular formula is C11H12FNO3. The molecule has 4 nitrogen and oxygen atoms in total. The van der Waals surface area contributed by atoms with E-state index in [1.54, 1.807) is 6.92 Å². The summed E-state index contributed by atoms with van der Waals surface area (Å²) in [5.74, 6) is -1.53. The average Bonchev–Trinajstić information content (AvgIpc) is 2.26. The monoisotopic (exact) mass is 225 g/mol. The Balaban J connectivity index is 2.94. The molecule has 0 saturated heterocycles. The number of aromatic nitrogens is 1.